The third-order valence-corrected chi connectivity index (χ3v) is 4.52. The van der Waals surface area contributed by atoms with Gasteiger partial charge >= 0.3 is 0 Å². The van der Waals surface area contributed by atoms with Crippen LogP contribution in [0, 0.1) is 5.92 Å². The van der Waals surface area contributed by atoms with Crippen molar-refractivity contribution in [3.05, 3.63) is 78.1 Å². The highest BCUT2D eigenvalue weighted by Gasteiger charge is 2.43. The molecule has 1 heterocycles. The second kappa shape index (κ2) is 5.38. The molecule has 1 aliphatic rings. The van der Waals surface area contributed by atoms with Gasteiger partial charge in [-0.3, -0.25) is 9.78 Å². The van der Waals surface area contributed by atoms with Gasteiger partial charge in [-0.05, 0) is 34.9 Å². The van der Waals surface area contributed by atoms with E-state index in [1.54, 1.807) is 6.20 Å². The molecular weight excluding hydrogens is 270 g/mol. The number of carbonyl (C=O) groups excluding carboxylic acids is 1. The molecule has 1 fully saturated rings. The molecule has 0 saturated heterocycles. The number of rotatable bonds is 4. The minimum absolute atomic E-state index is 0.204. The second-order valence-electron chi connectivity index (χ2n) is 6.06. The fourth-order valence-corrected chi connectivity index (χ4v) is 3.19. The highest BCUT2D eigenvalue weighted by Crippen LogP contribution is 2.48. The predicted molar refractivity (Wildman–Crippen MR) is 87.7 cm³/mol. The van der Waals surface area contributed by atoms with E-state index in [1.165, 1.54) is 5.56 Å². The van der Waals surface area contributed by atoms with Gasteiger partial charge < -0.3 is 0 Å². The lowest BCUT2D eigenvalue weighted by Gasteiger charge is -2.04. The van der Waals surface area contributed by atoms with Gasteiger partial charge in [0.05, 0.1) is 0 Å². The molecule has 2 nitrogen and oxygen atoms in total. The fourth-order valence-electron chi connectivity index (χ4n) is 3.19. The first kappa shape index (κ1) is 13.2. The molecule has 4 rings (SSSR count). The zero-order valence-corrected chi connectivity index (χ0v) is 12.3. The summed E-state index contributed by atoms with van der Waals surface area (Å²) in [6.07, 6.45) is 5.18. The van der Waals surface area contributed by atoms with Gasteiger partial charge in [0.2, 0.25) is 0 Å². The smallest absolute Gasteiger partial charge is 0.140 e. The average molecular weight is 287 g/mol. The monoisotopic (exact) mass is 287 g/mol. The maximum atomic E-state index is 12.5. The van der Waals surface area contributed by atoms with Crippen LogP contribution in [0.25, 0.3) is 10.8 Å². The maximum Gasteiger partial charge on any atom is 0.140 e. The maximum absolute atomic E-state index is 12.5. The van der Waals surface area contributed by atoms with Crippen molar-refractivity contribution < 1.29 is 4.79 Å². The summed E-state index contributed by atoms with van der Waals surface area (Å²) in [6.45, 7) is 0. The molecule has 0 radical (unpaired) electrons. The highest BCUT2D eigenvalue weighted by atomic mass is 16.1. The number of nitrogens with zero attached hydrogens (tertiary/aromatic N) is 1. The van der Waals surface area contributed by atoms with E-state index in [0.717, 1.165) is 22.8 Å². The molecule has 1 aromatic heterocycles. The summed E-state index contributed by atoms with van der Waals surface area (Å²) in [6, 6.07) is 18.6. The molecule has 1 saturated carbocycles. The average Bonchev–Trinajstić information content (AvgIpc) is 3.36. The van der Waals surface area contributed by atoms with Crippen LogP contribution in [0.3, 0.4) is 0 Å². The van der Waals surface area contributed by atoms with Crippen LogP contribution >= 0.6 is 0 Å². The highest BCUT2D eigenvalue weighted by molar-refractivity contribution is 5.89. The summed E-state index contributed by atoms with van der Waals surface area (Å²) in [7, 11) is 0. The molecule has 108 valence electrons. The van der Waals surface area contributed by atoms with Crippen LogP contribution in [-0.2, 0) is 11.2 Å². The van der Waals surface area contributed by atoms with Crippen molar-refractivity contribution in [3.8, 4) is 0 Å². The summed E-state index contributed by atoms with van der Waals surface area (Å²) in [5.41, 5.74) is 2.40. The van der Waals surface area contributed by atoms with Crippen molar-refractivity contribution in [2.45, 2.75) is 18.8 Å². The van der Waals surface area contributed by atoms with Gasteiger partial charge in [0.15, 0.2) is 0 Å². The van der Waals surface area contributed by atoms with Crippen LogP contribution in [0.15, 0.2) is 67.0 Å². The van der Waals surface area contributed by atoms with Crippen molar-refractivity contribution in [2.24, 2.45) is 5.92 Å². The topological polar surface area (TPSA) is 30.0 Å². The third kappa shape index (κ3) is 2.52. The number of Topliss-reactive ketones (excluding diaryl/α,β-unsaturated/α-hetero) is 1. The second-order valence-corrected chi connectivity index (χ2v) is 6.06. The number of aromatic nitrogens is 1. The van der Waals surface area contributed by atoms with Gasteiger partial charge in [-0.25, -0.2) is 0 Å². The van der Waals surface area contributed by atoms with E-state index in [2.05, 4.69) is 23.2 Å². The van der Waals surface area contributed by atoms with Gasteiger partial charge in [0.25, 0.3) is 0 Å². The normalized spacial score (nSPS) is 20.0. The zero-order chi connectivity index (χ0) is 14.9. The molecule has 0 aliphatic heterocycles. The Balaban J connectivity index is 1.48. The van der Waals surface area contributed by atoms with Gasteiger partial charge in [-0.1, -0.05) is 48.5 Å². The number of ketones is 1. The minimum atomic E-state index is 0.204. The Hall–Kier alpha value is -2.48. The van der Waals surface area contributed by atoms with Gasteiger partial charge in [0, 0.05) is 30.1 Å². The van der Waals surface area contributed by atoms with E-state index in [0.29, 0.717) is 18.1 Å². The van der Waals surface area contributed by atoms with E-state index in [1.807, 2.05) is 42.6 Å². The lowest BCUT2D eigenvalue weighted by molar-refractivity contribution is -0.119. The summed E-state index contributed by atoms with van der Waals surface area (Å²) in [4.78, 5) is 16.6. The third-order valence-electron chi connectivity index (χ3n) is 4.52. The van der Waals surface area contributed by atoms with Crippen LogP contribution in [0.2, 0.25) is 0 Å². The van der Waals surface area contributed by atoms with E-state index in [9.17, 15) is 4.79 Å². The molecule has 1 aliphatic carbocycles. The molecule has 2 aromatic carbocycles. The minimum Gasteiger partial charge on any atom is -0.299 e. The summed E-state index contributed by atoms with van der Waals surface area (Å²) < 4.78 is 0. The number of pyridine rings is 1. The molecule has 0 amide bonds. The first-order chi connectivity index (χ1) is 10.8. The Bertz CT molecular complexity index is 825. The first-order valence-electron chi connectivity index (χ1n) is 7.71. The van der Waals surface area contributed by atoms with Crippen molar-refractivity contribution in [3.63, 3.8) is 0 Å². The molecule has 0 spiro atoms. The van der Waals surface area contributed by atoms with Crippen LogP contribution in [-0.4, -0.2) is 10.8 Å². The molecule has 3 aromatic rings. The molecule has 0 bridgehead atoms. The molecule has 2 atom stereocenters. The van der Waals surface area contributed by atoms with Gasteiger partial charge in [-0.15, -0.1) is 0 Å². The quantitative estimate of drug-likeness (QED) is 0.721. The molecule has 0 unspecified atom stereocenters. The zero-order valence-electron chi connectivity index (χ0n) is 12.3. The summed E-state index contributed by atoms with van der Waals surface area (Å²) >= 11 is 0. The molecule has 2 heteroatoms. The molecule has 22 heavy (non-hydrogen) atoms. The predicted octanol–water partition coefficient (Wildman–Crippen LogP) is 4.15. The van der Waals surface area contributed by atoms with Crippen molar-refractivity contribution in [1.82, 2.24) is 4.98 Å². The van der Waals surface area contributed by atoms with E-state index >= 15 is 0 Å². The number of hydrogen-bond acceptors (Lipinski definition) is 2. The van der Waals surface area contributed by atoms with Crippen LogP contribution in [0.4, 0.5) is 0 Å². The standard InChI is InChI=1S/C20H17NO/c22-20(19-12-18(19)15-4-2-1-3-5-15)11-14-6-7-17-13-21-9-8-16(17)10-14/h1-10,13,18-19H,11-12H2/t18-,19+/m1/s1. The SMILES string of the molecule is O=C(Cc1ccc2cnccc2c1)[C@H]1C[C@@H]1c1ccccc1. The largest absolute Gasteiger partial charge is 0.299 e. The van der Waals surface area contributed by atoms with Crippen LogP contribution < -0.4 is 0 Å². The Morgan fingerprint density at radius 3 is 2.77 bits per heavy atom. The molecular formula is C20H17NO. The lowest BCUT2D eigenvalue weighted by Crippen LogP contribution is -2.06. The van der Waals surface area contributed by atoms with Crippen LogP contribution in [0.5, 0.6) is 0 Å². The Labute approximate surface area is 129 Å². The van der Waals surface area contributed by atoms with Gasteiger partial charge in [-0.2, -0.15) is 0 Å². The van der Waals surface area contributed by atoms with E-state index in [-0.39, 0.29) is 5.92 Å². The van der Waals surface area contributed by atoms with E-state index in [4.69, 9.17) is 0 Å². The summed E-state index contributed by atoms with van der Waals surface area (Å²) in [5, 5.41) is 2.27. The Kier molecular flexibility index (Phi) is 3.23. The number of benzene rings is 2. The van der Waals surface area contributed by atoms with E-state index < -0.39 is 0 Å². The number of fused-ring (bicyclic) bond motifs is 1. The Morgan fingerprint density at radius 1 is 1.05 bits per heavy atom. The fraction of sp³-hybridized carbons (Fsp3) is 0.200. The first-order valence-corrected chi connectivity index (χ1v) is 7.71. The Morgan fingerprint density at radius 2 is 1.91 bits per heavy atom. The number of carbonyl (C=O) groups is 1. The summed E-state index contributed by atoms with van der Waals surface area (Å²) in [5.74, 6) is 0.996. The van der Waals surface area contributed by atoms with Crippen molar-refractivity contribution in [1.29, 1.82) is 0 Å². The van der Waals surface area contributed by atoms with Crippen LogP contribution in [0.1, 0.15) is 23.5 Å². The number of hydrogen-bond donors (Lipinski definition) is 0. The van der Waals surface area contributed by atoms with Crippen molar-refractivity contribution in [2.75, 3.05) is 0 Å². The van der Waals surface area contributed by atoms with Crippen molar-refractivity contribution >= 4 is 16.6 Å². The van der Waals surface area contributed by atoms with Gasteiger partial charge in [0.1, 0.15) is 5.78 Å². The molecule has 0 N–H and O–H groups in total. The lowest BCUT2D eigenvalue weighted by atomic mass is 10.0.